The highest BCUT2D eigenvalue weighted by molar-refractivity contribution is 6.00. The number of benzene rings is 3. The zero-order valence-electron chi connectivity index (χ0n) is 15.5. The predicted molar refractivity (Wildman–Crippen MR) is 116 cm³/mol. The van der Waals surface area contributed by atoms with Gasteiger partial charge in [0.05, 0.1) is 12.8 Å². The van der Waals surface area contributed by atoms with Crippen LogP contribution in [0.5, 0.6) is 5.75 Å². The summed E-state index contributed by atoms with van der Waals surface area (Å²) in [6.07, 6.45) is 2.89. The van der Waals surface area contributed by atoms with Gasteiger partial charge in [-0.25, -0.2) is 9.98 Å². The third kappa shape index (κ3) is 3.38. The first-order chi connectivity index (χ1) is 13.7. The van der Waals surface area contributed by atoms with Crippen LogP contribution in [0, 0.1) is 0 Å². The number of aliphatic imine (C=N–C) groups is 1. The van der Waals surface area contributed by atoms with Crippen LogP contribution in [-0.2, 0) is 0 Å². The van der Waals surface area contributed by atoms with E-state index in [2.05, 4.69) is 35.3 Å². The number of rotatable bonds is 4. The molecule has 0 fully saturated rings. The lowest BCUT2D eigenvalue weighted by Crippen LogP contribution is -2.07. The Morgan fingerprint density at radius 1 is 0.964 bits per heavy atom. The van der Waals surface area contributed by atoms with E-state index in [4.69, 9.17) is 21.2 Å². The Hall–Kier alpha value is -3.86. The molecule has 28 heavy (non-hydrogen) atoms. The maximum absolute atomic E-state index is 5.90. The summed E-state index contributed by atoms with van der Waals surface area (Å²) in [4.78, 5) is 9.15. The van der Waals surface area contributed by atoms with E-state index in [1.54, 1.807) is 7.11 Å². The Labute approximate surface area is 163 Å². The number of pyridine rings is 1. The van der Waals surface area contributed by atoms with Crippen LogP contribution < -0.4 is 16.2 Å². The zero-order chi connectivity index (χ0) is 19.5. The monoisotopic (exact) mass is 368 g/mol. The molecular weight excluding hydrogens is 348 g/mol. The lowest BCUT2D eigenvalue weighted by atomic mass is 10.0. The molecule has 0 bridgehead atoms. The molecule has 0 aliphatic carbocycles. The van der Waals surface area contributed by atoms with Crippen molar-refractivity contribution in [3.63, 3.8) is 0 Å². The molecule has 0 radical (unpaired) electrons. The average molecular weight is 368 g/mol. The number of ether oxygens (including phenoxy) is 1. The molecule has 4 aromatic rings. The number of hydrogen-bond acceptors (Lipinski definition) is 4. The smallest absolute Gasteiger partial charge is 0.155 e. The van der Waals surface area contributed by atoms with E-state index >= 15 is 0 Å². The van der Waals surface area contributed by atoms with Crippen molar-refractivity contribution in [2.24, 2.45) is 16.5 Å². The highest BCUT2D eigenvalue weighted by Crippen LogP contribution is 2.33. The van der Waals surface area contributed by atoms with Gasteiger partial charge in [0.1, 0.15) is 11.6 Å². The van der Waals surface area contributed by atoms with Crippen molar-refractivity contribution in [1.82, 2.24) is 4.98 Å². The van der Waals surface area contributed by atoms with E-state index in [1.165, 1.54) is 17.7 Å². The van der Waals surface area contributed by atoms with Gasteiger partial charge in [-0.05, 0) is 58.8 Å². The summed E-state index contributed by atoms with van der Waals surface area (Å²) in [7, 11) is 1.65. The van der Waals surface area contributed by atoms with E-state index in [0.717, 1.165) is 33.2 Å². The van der Waals surface area contributed by atoms with Crippen LogP contribution in [0.15, 0.2) is 84.0 Å². The molecule has 5 nitrogen and oxygen atoms in total. The van der Waals surface area contributed by atoms with Gasteiger partial charge < -0.3 is 16.2 Å². The first-order valence-corrected chi connectivity index (χ1v) is 8.88. The molecule has 0 amide bonds. The standard InChI is InChI=1S/C23H20N4O/c1-28-19-8-9-20-18(13-19)14-22(26-21(25)10-11-24)27-23(20)17-7-6-15-4-2-3-5-16(15)12-17/h2-14H,24H2,1H3,(H2,25,26,27)/b11-10-. The Balaban J connectivity index is 1.97. The van der Waals surface area contributed by atoms with Crippen molar-refractivity contribution in [2.45, 2.75) is 0 Å². The average Bonchev–Trinajstić information content (AvgIpc) is 2.72. The van der Waals surface area contributed by atoms with Crippen molar-refractivity contribution >= 4 is 33.2 Å². The molecule has 1 aromatic heterocycles. The second kappa shape index (κ2) is 7.40. The first-order valence-electron chi connectivity index (χ1n) is 8.88. The van der Waals surface area contributed by atoms with Crippen LogP contribution in [0.25, 0.3) is 32.8 Å². The second-order valence-corrected chi connectivity index (χ2v) is 6.37. The third-order valence-electron chi connectivity index (χ3n) is 4.56. The van der Waals surface area contributed by atoms with E-state index in [1.807, 2.05) is 36.4 Å². The van der Waals surface area contributed by atoms with Crippen LogP contribution in [0.2, 0.25) is 0 Å². The summed E-state index contributed by atoms with van der Waals surface area (Å²) in [6.45, 7) is 0. The lowest BCUT2D eigenvalue weighted by molar-refractivity contribution is 0.415. The zero-order valence-corrected chi connectivity index (χ0v) is 15.5. The van der Waals surface area contributed by atoms with Crippen molar-refractivity contribution in [2.75, 3.05) is 7.11 Å². The molecule has 0 saturated heterocycles. The van der Waals surface area contributed by atoms with Gasteiger partial charge in [0.15, 0.2) is 5.82 Å². The van der Waals surface area contributed by atoms with E-state index in [9.17, 15) is 0 Å². The van der Waals surface area contributed by atoms with Crippen LogP contribution >= 0.6 is 0 Å². The highest BCUT2D eigenvalue weighted by Gasteiger charge is 2.10. The minimum atomic E-state index is 0.293. The molecule has 0 atom stereocenters. The number of amidine groups is 1. The molecule has 0 saturated carbocycles. The number of nitrogens with two attached hydrogens (primary N) is 2. The van der Waals surface area contributed by atoms with Gasteiger partial charge in [-0.1, -0.05) is 36.4 Å². The number of aromatic nitrogens is 1. The first kappa shape index (κ1) is 17.5. The van der Waals surface area contributed by atoms with Crippen LogP contribution in [0.3, 0.4) is 0 Å². The summed E-state index contributed by atoms with van der Waals surface area (Å²) in [5, 5.41) is 4.33. The van der Waals surface area contributed by atoms with Crippen molar-refractivity contribution in [1.29, 1.82) is 0 Å². The largest absolute Gasteiger partial charge is 0.497 e. The topological polar surface area (TPSA) is 86.5 Å². The Morgan fingerprint density at radius 3 is 2.57 bits per heavy atom. The van der Waals surface area contributed by atoms with Crippen LogP contribution in [0.4, 0.5) is 5.82 Å². The van der Waals surface area contributed by atoms with Crippen molar-refractivity contribution in [3.05, 3.63) is 79.0 Å². The van der Waals surface area contributed by atoms with E-state index in [-0.39, 0.29) is 0 Å². The summed E-state index contributed by atoms with van der Waals surface area (Å²) in [6, 6.07) is 22.4. The molecule has 1 heterocycles. The molecule has 0 aliphatic rings. The van der Waals surface area contributed by atoms with Crippen molar-refractivity contribution < 1.29 is 4.74 Å². The van der Waals surface area contributed by atoms with Gasteiger partial charge in [-0.2, -0.15) is 0 Å². The van der Waals surface area contributed by atoms with Gasteiger partial charge in [0.2, 0.25) is 0 Å². The van der Waals surface area contributed by atoms with Crippen LogP contribution in [-0.4, -0.2) is 17.9 Å². The molecule has 0 unspecified atom stereocenters. The fourth-order valence-electron chi connectivity index (χ4n) is 3.23. The predicted octanol–water partition coefficient (Wildman–Crippen LogP) is 4.52. The van der Waals surface area contributed by atoms with Crippen LogP contribution in [0.1, 0.15) is 0 Å². The number of nitrogens with zero attached hydrogens (tertiary/aromatic N) is 2. The SMILES string of the molecule is COc1ccc2c(-c3ccc4ccccc4c3)nc(N=C(N)/C=C\N)cc2c1. The fourth-order valence-corrected chi connectivity index (χ4v) is 3.23. The second-order valence-electron chi connectivity index (χ2n) is 6.37. The Morgan fingerprint density at radius 2 is 1.79 bits per heavy atom. The van der Waals surface area contributed by atoms with Gasteiger partial charge >= 0.3 is 0 Å². The summed E-state index contributed by atoms with van der Waals surface area (Å²) in [5.41, 5.74) is 13.2. The normalized spacial score (nSPS) is 12.1. The number of methoxy groups -OCH3 is 1. The molecule has 0 spiro atoms. The van der Waals surface area contributed by atoms with Gasteiger partial charge in [0.25, 0.3) is 0 Å². The van der Waals surface area contributed by atoms with Gasteiger partial charge in [0, 0.05) is 10.9 Å². The van der Waals surface area contributed by atoms with E-state index in [0.29, 0.717) is 11.7 Å². The fraction of sp³-hybridized carbons (Fsp3) is 0.0435. The van der Waals surface area contributed by atoms with Gasteiger partial charge in [-0.15, -0.1) is 0 Å². The van der Waals surface area contributed by atoms with E-state index < -0.39 is 0 Å². The molecule has 138 valence electrons. The third-order valence-corrected chi connectivity index (χ3v) is 4.56. The maximum atomic E-state index is 5.90. The number of fused-ring (bicyclic) bond motifs is 2. The summed E-state index contributed by atoms with van der Waals surface area (Å²) in [5.74, 6) is 1.58. The quantitative estimate of drug-likeness (QED) is 0.409. The molecular formula is C23H20N4O. The Kier molecular flexibility index (Phi) is 4.64. The molecule has 4 N–H and O–H groups in total. The molecule has 3 aromatic carbocycles. The van der Waals surface area contributed by atoms with Gasteiger partial charge in [-0.3, -0.25) is 0 Å². The van der Waals surface area contributed by atoms with Crippen molar-refractivity contribution in [3.8, 4) is 17.0 Å². The number of hydrogen-bond donors (Lipinski definition) is 2. The lowest BCUT2D eigenvalue weighted by Gasteiger charge is -2.10. The summed E-state index contributed by atoms with van der Waals surface area (Å²) >= 11 is 0. The molecule has 4 rings (SSSR count). The molecule has 0 aliphatic heterocycles. The maximum Gasteiger partial charge on any atom is 0.155 e. The molecule has 5 heteroatoms. The summed E-state index contributed by atoms with van der Waals surface area (Å²) < 4.78 is 5.38. The minimum Gasteiger partial charge on any atom is -0.497 e. The Bertz CT molecular complexity index is 1230. The minimum absolute atomic E-state index is 0.293. The highest BCUT2D eigenvalue weighted by atomic mass is 16.5.